The van der Waals surface area contributed by atoms with Crippen LogP contribution in [0.3, 0.4) is 0 Å². The summed E-state index contributed by atoms with van der Waals surface area (Å²) in [6, 6.07) is 4.53. The number of fused-ring (bicyclic) bond motifs is 1. The Balaban J connectivity index is 2.50. The molecule has 0 spiro atoms. The molecule has 0 amide bonds. The Bertz CT molecular complexity index is 509. The van der Waals surface area contributed by atoms with Crippen LogP contribution in [0.5, 0.6) is 0 Å². The van der Waals surface area contributed by atoms with E-state index in [0.717, 1.165) is 17.6 Å². The topological polar surface area (TPSA) is 43.8 Å². The SMILES string of the molecule is CSC(C)Cn1c(N)nc2ccc(F)cc21. The Morgan fingerprint density at radius 3 is 3.00 bits per heavy atom. The monoisotopic (exact) mass is 239 g/mol. The Labute approximate surface area is 97.8 Å². The van der Waals surface area contributed by atoms with Crippen molar-refractivity contribution in [1.29, 1.82) is 0 Å². The molecule has 0 saturated heterocycles. The van der Waals surface area contributed by atoms with Crippen molar-refractivity contribution in [1.82, 2.24) is 9.55 Å². The minimum atomic E-state index is -0.259. The molecule has 1 aromatic carbocycles. The largest absolute Gasteiger partial charge is 0.369 e. The second kappa shape index (κ2) is 4.33. The summed E-state index contributed by atoms with van der Waals surface area (Å²) in [6.45, 7) is 2.85. The van der Waals surface area contributed by atoms with Crippen molar-refractivity contribution >= 4 is 28.7 Å². The van der Waals surface area contributed by atoms with E-state index < -0.39 is 0 Å². The summed E-state index contributed by atoms with van der Waals surface area (Å²) >= 11 is 1.75. The molecule has 2 N–H and O–H groups in total. The summed E-state index contributed by atoms with van der Waals surface area (Å²) in [5, 5.41) is 0.419. The van der Waals surface area contributed by atoms with Crippen LogP contribution in [0.1, 0.15) is 6.92 Å². The smallest absolute Gasteiger partial charge is 0.201 e. The van der Waals surface area contributed by atoms with E-state index in [-0.39, 0.29) is 5.82 Å². The van der Waals surface area contributed by atoms with Crippen molar-refractivity contribution in [3.63, 3.8) is 0 Å². The van der Waals surface area contributed by atoms with Gasteiger partial charge in [0.05, 0.1) is 11.0 Å². The molecule has 1 unspecified atom stereocenters. The maximum absolute atomic E-state index is 13.2. The van der Waals surface area contributed by atoms with Gasteiger partial charge in [-0.15, -0.1) is 0 Å². The lowest BCUT2D eigenvalue weighted by atomic mass is 10.3. The van der Waals surface area contributed by atoms with Gasteiger partial charge in [0.25, 0.3) is 0 Å². The van der Waals surface area contributed by atoms with Gasteiger partial charge in [0.1, 0.15) is 5.82 Å². The highest BCUT2D eigenvalue weighted by molar-refractivity contribution is 7.99. The van der Waals surface area contributed by atoms with Crippen LogP contribution in [-0.2, 0) is 6.54 Å². The standard InChI is InChI=1S/C11H14FN3S/c1-7(16-2)6-15-10-5-8(12)3-4-9(10)14-11(15)13/h3-5,7H,6H2,1-2H3,(H2,13,14). The highest BCUT2D eigenvalue weighted by Crippen LogP contribution is 2.21. The van der Waals surface area contributed by atoms with Crippen LogP contribution in [0.15, 0.2) is 18.2 Å². The summed E-state index contributed by atoms with van der Waals surface area (Å²) < 4.78 is 15.0. The lowest BCUT2D eigenvalue weighted by Gasteiger charge is -2.11. The third kappa shape index (κ3) is 2.00. The molecule has 0 saturated carbocycles. The predicted octanol–water partition coefficient (Wildman–Crippen LogP) is 2.51. The molecule has 0 fully saturated rings. The highest BCUT2D eigenvalue weighted by Gasteiger charge is 2.11. The van der Waals surface area contributed by atoms with E-state index in [4.69, 9.17) is 5.73 Å². The quantitative estimate of drug-likeness (QED) is 0.895. The minimum Gasteiger partial charge on any atom is -0.369 e. The molecule has 2 rings (SSSR count). The molecule has 86 valence electrons. The van der Waals surface area contributed by atoms with Gasteiger partial charge in [-0.25, -0.2) is 9.37 Å². The summed E-state index contributed by atoms with van der Waals surface area (Å²) in [5.41, 5.74) is 7.33. The molecular weight excluding hydrogens is 225 g/mol. The molecule has 5 heteroatoms. The average molecular weight is 239 g/mol. The molecule has 1 aromatic heterocycles. The Morgan fingerprint density at radius 2 is 2.31 bits per heavy atom. The summed E-state index contributed by atoms with van der Waals surface area (Å²) in [4.78, 5) is 4.21. The van der Waals surface area contributed by atoms with E-state index in [0.29, 0.717) is 11.2 Å². The first kappa shape index (κ1) is 11.3. The van der Waals surface area contributed by atoms with Crippen LogP contribution in [0, 0.1) is 5.82 Å². The van der Waals surface area contributed by atoms with Gasteiger partial charge in [-0.05, 0) is 24.5 Å². The van der Waals surface area contributed by atoms with Gasteiger partial charge in [0.2, 0.25) is 5.95 Å². The molecule has 0 aliphatic carbocycles. The van der Waals surface area contributed by atoms with Gasteiger partial charge in [-0.1, -0.05) is 6.92 Å². The normalized spacial score (nSPS) is 13.2. The molecule has 1 atom stereocenters. The maximum atomic E-state index is 13.2. The second-order valence-corrected chi connectivity index (χ2v) is 5.04. The minimum absolute atomic E-state index is 0.259. The fourth-order valence-electron chi connectivity index (χ4n) is 1.64. The molecule has 1 heterocycles. The van der Waals surface area contributed by atoms with Gasteiger partial charge < -0.3 is 10.3 Å². The van der Waals surface area contributed by atoms with Crippen molar-refractivity contribution in [3.05, 3.63) is 24.0 Å². The van der Waals surface area contributed by atoms with Crippen LogP contribution in [0.25, 0.3) is 11.0 Å². The number of thioether (sulfide) groups is 1. The molecule has 0 bridgehead atoms. The zero-order chi connectivity index (χ0) is 11.7. The third-order valence-corrected chi connectivity index (χ3v) is 3.54. The molecule has 16 heavy (non-hydrogen) atoms. The lowest BCUT2D eigenvalue weighted by molar-refractivity contribution is 0.627. The van der Waals surface area contributed by atoms with Crippen molar-refractivity contribution in [2.24, 2.45) is 0 Å². The first-order valence-electron chi connectivity index (χ1n) is 5.06. The second-order valence-electron chi connectivity index (χ2n) is 3.76. The Morgan fingerprint density at radius 1 is 1.56 bits per heavy atom. The number of imidazole rings is 1. The van der Waals surface area contributed by atoms with E-state index in [9.17, 15) is 4.39 Å². The molecule has 0 radical (unpaired) electrons. The maximum Gasteiger partial charge on any atom is 0.201 e. The van der Waals surface area contributed by atoms with Crippen molar-refractivity contribution < 1.29 is 4.39 Å². The first-order chi connectivity index (χ1) is 7.61. The zero-order valence-corrected chi connectivity index (χ0v) is 10.1. The summed E-state index contributed by atoms with van der Waals surface area (Å²) in [5.74, 6) is 0.187. The van der Waals surface area contributed by atoms with Gasteiger partial charge in [0, 0.05) is 11.8 Å². The number of nitrogens with zero attached hydrogens (tertiary/aromatic N) is 2. The fraction of sp³-hybridized carbons (Fsp3) is 0.364. The Kier molecular flexibility index (Phi) is 3.05. The lowest BCUT2D eigenvalue weighted by Crippen LogP contribution is -2.11. The van der Waals surface area contributed by atoms with Crippen LogP contribution in [0.2, 0.25) is 0 Å². The number of benzene rings is 1. The first-order valence-corrected chi connectivity index (χ1v) is 6.34. The van der Waals surface area contributed by atoms with Gasteiger partial charge >= 0.3 is 0 Å². The van der Waals surface area contributed by atoms with Crippen LogP contribution in [-0.4, -0.2) is 21.1 Å². The van der Waals surface area contributed by atoms with Crippen molar-refractivity contribution in [2.75, 3.05) is 12.0 Å². The zero-order valence-electron chi connectivity index (χ0n) is 9.27. The number of hydrogen-bond donors (Lipinski definition) is 1. The van der Waals surface area contributed by atoms with Crippen LogP contribution >= 0.6 is 11.8 Å². The average Bonchev–Trinajstić information content (AvgIpc) is 2.55. The number of nitrogen functional groups attached to an aromatic ring is 1. The number of rotatable bonds is 3. The molecule has 0 aliphatic heterocycles. The fourth-order valence-corrected chi connectivity index (χ4v) is 1.94. The van der Waals surface area contributed by atoms with E-state index in [1.165, 1.54) is 12.1 Å². The third-order valence-electron chi connectivity index (χ3n) is 2.58. The molecular formula is C11H14FN3S. The molecule has 2 aromatic rings. The molecule has 3 nitrogen and oxygen atoms in total. The van der Waals surface area contributed by atoms with Gasteiger partial charge in [-0.2, -0.15) is 11.8 Å². The van der Waals surface area contributed by atoms with E-state index >= 15 is 0 Å². The van der Waals surface area contributed by atoms with Gasteiger partial charge in [0.15, 0.2) is 0 Å². The number of aromatic nitrogens is 2. The predicted molar refractivity (Wildman–Crippen MR) is 67.1 cm³/mol. The van der Waals surface area contributed by atoms with Crippen LogP contribution < -0.4 is 5.73 Å². The van der Waals surface area contributed by atoms with Crippen molar-refractivity contribution in [2.45, 2.75) is 18.7 Å². The summed E-state index contributed by atoms with van der Waals surface area (Å²) in [6.07, 6.45) is 2.04. The van der Waals surface area contributed by atoms with E-state index in [1.54, 1.807) is 17.8 Å². The Hall–Kier alpha value is -1.23. The van der Waals surface area contributed by atoms with E-state index in [1.807, 2.05) is 10.8 Å². The highest BCUT2D eigenvalue weighted by atomic mass is 32.2. The molecule has 0 aliphatic rings. The summed E-state index contributed by atoms with van der Waals surface area (Å²) in [7, 11) is 0. The number of halogens is 1. The number of nitrogens with two attached hydrogens (primary N) is 1. The van der Waals surface area contributed by atoms with Crippen LogP contribution in [0.4, 0.5) is 10.3 Å². The van der Waals surface area contributed by atoms with Crippen molar-refractivity contribution in [3.8, 4) is 0 Å². The van der Waals surface area contributed by atoms with E-state index in [2.05, 4.69) is 11.9 Å². The number of anilines is 1. The number of hydrogen-bond acceptors (Lipinski definition) is 3. The van der Waals surface area contributed by atoms with Gasteiger partial charge in [-0.3, -0.25) is 0 Å².